The summed E-state index contributed by atoms with van der Waals surface area (Å²) in [5.41, 5.74) is 0. The zero-order chi connectivity index (χ0) is 5.11. The molecular weight excluding hydrogens is 111 g/mol. The number of ether oxygens (including phenoxy) is 1. The van der Waals surface area contributed by atoms with Gasteiger partial charge >= 0.3 is 0 Å². The normalized spacial score (nSPS) is 36.4. The van der Waals surface area contributed by atoms with Crippen molar-refractivity contribution in [3.63, 3.8) is 0 Å². The fourth-order valence-electron chi connectivity index (χ4n) is 0.552. The van der Waals surface area contributed by atoms with E-state index in [0.717, 1.165) is 27.5 Å². The lowest BCUT2D eigenvalue weighted by molar-refractivity contribution is -0.0807. The van der Waals surface area contributed by atoms with Crippen molar-refractivity contribution in [3.8, 4) is 0 Å². The highest BCUT2D eigenvalue weighted by Crippen LogP contribution is 2.16. The second-order valence-corrected chi connectivity index (χ2v) is 2.94. The zero-order valence-electron chi connectivity index (χ0n) is 4.05. The Balaban J connectivity index is 2.12. The smallest absolute Gasteiger partial charge is 0.158 e. The van der Waals surface area contributed by atoms with Gasteiger partial charge in [-0.1, -0.05) is 0 Å². The molecule has 0 amide bonds. The van der Waals surface area contributed by atoms with E-state index in [0.29, 0.717) is 0 Å². The summed E-state index contributed by atoms with van der Waals surface area (Å²) in [6.45, 7) is 0.750. The SMILES string of the molecule is OC1CPCCO1. The Hall–Kier alpha value is 0.350. The first-order valence-corrected chi connectivity index (χ1v) is 3.81. The molecule has 1 aliphatic heterocycles. The summed E-state index contributed by atoms with van der Waals surface area (Å²) in [6, 6.07) is 0. The van der Waals surface area contributed by atoms with Gasteiger partial charge in [0.1, 0.15) is 0 Å². The summed E-state index contributed by atoms with van der Waals surface area (Å²) < 4.78 is 4.84. The van der Waals surface area contributed by atoms with Crippen LogP contribution in [0.4, 0.5) is 0 Å². The Morgan fingerprint density at radius 2 is 2.57 bits per heavy atom. The van der Waals surface area contributed by atoms with E-state index in [9.17, 15) is 0 Å². The Labute approximate surface area is 44.7 Å². The third kappa shape index (κ3) is 1.72. The zero-order valence-corrected chi connectivity index (χ0v) is 5.05. The second kappa shape index (κ2) is 2.61. The lowest BCUT2D eigenvalue weighted by Gasteiger charge is -2.16. The van der Waals surface area contributed by atoms with Crippen molar-refractivity contribution >= 4 is 8.58 Å². The molecule has 1 aliphatic rings. The average molecular weight is 120 g/mol. The van der Waals surface area contributed by atoms with Crippen LogP contribution < -0.4 is 0 Å². The predicted octanol–water partition coefficient (Wildman–Crippen LogP) is 0.0135. The van der Waals surface area contributed by atoms with Crippen LogP contribution in [-0.2, 0) is 4.74 Å². The van der Waals surface area contributed by atoms with Crippen molar-refractivity contribution in [3.05, 3.63) is 0 Å². The van der Waals surface area contributed by atoms with Crippen molar-refractivity contribution in [2.45, 2.75) is 6.29 Å². The summed E-state index contributed by atoms with van der Waals surface area (Å²) in [4.78, 5) is 0. The topological polar surface area (TPSA) is 29.5 Å². The van der Waals surface area contributed by atoms with Gasteiger partial charge in [0, 0.05) is 6.16 Å². The molecule has 1 N–H and O–H groups in total. The molecular formula is C4H9O2P. The number of hydrogen-bond donors (Lipinski definition) is 1. The van der Waals surface area contributed by atoms with Gasteiger partial charge in [0.2, 0.25) is 0 Å². The van der Waals surface area contributed by atoms with Crippen molar-refractivity contribution in [1.82, 2.24) is 0 Å². The molecule has 0 radical (unpaired) electrons. The van der Waals surface area contributed by atoms with Gasteiger partial charge in [0.15, 0.2) is 6.29 Å². The molecule has 2 nitrogen and oxygen atoms in total. The molecule has 0 saturated carbocycles. The minimum absolute atomic E-state index is 0.452. The van der Waals surface area contributed by atoms with Crippen LogP contribution in [0.2, 0.25) is 0 Å². The lowest BCUT2D eigenvalue weighted by Crippen LogP contribution is -2.20. The number of rotatable bonds is 0. The Morgan fingerprint density at radius 1 is 1.71 bits per heavy atom. The van der Waals surface area contributed by atoms with Crippen molar-refractivity contribution in [1.29, 1.82) is 0 Å². The van der Waals surface area contributed by atoms with E-state index in [2.05, 4.69) is 0 Å². The molecule has 3 heteroatoms. The van der Waals surface area contributed by atoms with Crippen LogP contribution in [0.1, 0.15) is 0 Å². The van der Waals surface area contributed by atoms with E-state index in [1.807, 2.05) is 0 Å². The van der Waals surface area contributed by atoms with Gasteiger partial charge in [0.25, 0.3) is 0 Å². The van der Waals surface area contributed by atoms with Gasteiger partial charge < -0.3 is 9.84 Å². The first-order valence-electron chi connectivity index (χ1n) is 2.40. The van der Waals surface area contributed by atoms with Crippen LogP contribution >= 0.6 is 8.58 Å². The van der Waals surface area contributed by atoms with E-state index >= 15 is 0 Å². The fourth-order valence-corrected chi connectivity index (χ4v) is 1.38. The van der Waals surface area contributed by atoms with Gasteiger partial charge in [-0.05, 0) is 6.16 Å². The van der Waals surface area contributed by atoms with E-state index in [1.165, 1.54) is 0 Å². The Morgan fingerprint density at radius 3 is 2.86 bits per heavy atom. The van der Waals surface area contributed by atoms with Crippen LogP contribution in [0.5, 0.6) is 0 Å². The first-order chi connectivity index (χ1) is 3.39. The quantitative estimate of drug-likeness (QED) is 0.456. The molecule has 0 aliphatic carbocycles. The predicted molar refractivity (Wildman–Crippen MR) is 30.0 cm³/mol. The van der Waals surface area contributed by atoms with E-state index < -0.39 is 6.29 Å². The van der Waals surface area contributed by atoms with E-state index in [4.69, 9.17) is 9.84 Å². The molecule has 7 heavy (non-hydrogen) atoms. The standard InChI is InChI=1S/C4H9O2P/c5-4-3-7-2-1-6-4/h4-5,7H,1-3H2. The molecule has 0 aromatic heterocycles. The number of aliphatic hydroxyl groups is 1. The summed E-state index contributed by atoms with van der Waals surface area (Å²) in [6.07, 6.45) is 1.53. The fraction of sp³-hybridized carbons (Fsp3) is 1.00. The molecule has 1 rings (SSSR count). The van der Waals surface area contributed by atoms with Crippen LogP contribution in [0.25, 0.3) is 0 Å². The lowest BCUT2D eigenvalue weighted by atomic mass is 10.7. The first kappa shape index (κ1) is 5.49. The highest BCUT2D eigenvalue weighted by Gasteiger charge is 2.07. The third-order valence-corrected chi connectivity index (χ3v) is 2.10. The minimum atomic E-state index is -0.452. The molecule has 2 atom stereocenters. The largest absolute Gasteiger partial charge is 0.368 e. The van der Waals surface area contributed by atoms with Crippen molar-refractivity contribution < 1.29 is 9.84 Å². The van der Waals surface area contributed by atoms with E-state index in [-0.39, 0.29) is 0 Å². The van der Waals surface area contributed by atoms with Crippen LogP contribution in [0, 0.1) is 0 Å². The maximum atomic E-state index is 8.69. The van der Waals surface area contributed by atoms with Crippen LogP contribution in [0.3, 0.4) is 0 Å². The van der Waals surface area contributed by atoms with Crippen LogP contribution in [-0.4, -0.2) is 30.3 Å². The van der Waals surface area contributed by atoms with Gasteiger partial charge in [-0.25, -0.2) is 0 Å². The highest BCUT2D eigenvalue weighted by atomic mass is 31.1. The summed E-state index contributed by atoms with van der Waals surface area (Å²) >= 11 is 0. The highest BCUT2D eigenvalue weighted by molar-refractivity contribution is 7.38. The maximum absolute atomic E-state index is 8.69. The van der Waals surface area contributed by atoms with Crippen LogP contribution in [0.15, 0.2) is 0 Å². The summed E-state index contributed by atoms with van der Waals surface area (Å²) in [5.74, 6) is 0. The van der Waals surface area contributed by atoms with Crippen molar-refractivity contribution in [2.75, 3.05) is 18.9 Å². The monoisotopic (exact) mass is 120 g/mol. The van der Waals surface area contributed by atoms with Gasteiger partial charge in [-0.15, -0.1) is 8.58 Å². The second-order valence-electron chi connectivity index (χ2n) is 1.53. The molecule has 1 fully saturated rings. The summed E-state index contributed by atoms with van der Waals surface area (Å²) in [5, 5.41) is 8.69. The third-order valence-electron chi connectivity index (χ3n) is 0.908. The number of aliphatic hydroxyl groups excluding tert-OH is 1. The Kier molecular flexibility index (Phi) is 2.04. The Bertz CT molecular complexity index is 51.7. The molecule has 0 aromatic rings. The van der Waals surface area contributed by atoms with Gasteiger partial charge in [-0.2, -0.15) is 0 Å². The summed E-state index contributed by atoms with van der Waals surface area (Å²) in [7, 11) is 0.907. The molecule has 0 bridgehead atoms. The minimum Gasteiger partial charge on any atom is -0.368 e. The maximum Gasteiger partial charge on any atom is 0.158 e. The molecule has 1 saturated heterocycles. The average Bonchev–Trinajstić information content (AvgIpc) is 1.69. The molecule has 2 unspecified atom stereocenters. The van der Waals surface area contributed by atoms with Gasteiger partial charge in [0.05, 0.1) is 6.61 Å². The van der Waals surface area contributed by atoms with Gasteiger partial charge in [-0.3, -0.25) is 0 Å². The molecule has 0 aromatic carbocycles. The molecule has 1 heterocycles. The van der Waals surface area contributed by atoms with E-state index in [1.54, 1.807) is 0 Å². The number of hydrogen-bond acceptors (Lipinski definition) is 2. The molecule has 0 spiro atoms. The van der Waals surface area contributed by atoms with Crippen molar-refractivity contribution in [2.24, 2.45) is 0 Å². The molecule has 42 valence electrons.